The maximum atomic E-state index is 12.8. The Morgan fingerprint density at radius 3 is 3.00 bits per heavy atom. The lowest BCUT2D eigenvalue weighted by Crippen LogP contribution is -2.57. The fourth-order valence-electron chi connectivity index (χ4n) is 2.69. The first-order chi connectivity index (χ1) is 10.4. The van der Waals surface area contributed by atoms with Gasteiger partial charge >= 0.3 is 12.3 Å². The molecule has 6 nitrogen and oxygen atoms in total. The molecule has 0 radical (unpaired) electrons. The zero-order valence-electron chi connectivity index (χ0n) is 11.2. The Labute approximate surface area is 127 Å². The van der Waals surface area contributed by atoms with Crippen molar-refractivity contribution in [2.24, 2.45) is 5.92 Å². The van der Waals surface area contributed by atoms with Gasteiger partial charge < -0.3 is 15.0 Å². The van der Waals surface area contributed by atoms with Crippen LogP contribution in [0.15, 0.2) is 5.51 Å². The number of carbonyl (C=O) groups is 2. The van der Waals surface area contributed by atoms with Gasteiger partial charge in [0.2, 0.25) is 0 Å². The van der Waals surface area contributed by atoms with Crippen LogP contribution in [0, 0.1) is 5.92 Å². The highest BCUT2D eigenvalue weighted by Crippen LogP contribution is 2.34. The van der Waals surface area contributed by atoms with Crippen molar-refractivity contribution in [1.29, 1.82) is 0 Å². The average molecular weight is 335 g/mol. The molecule has 2 amide bonds. The minimum absolute atomic E-state index is 0.103. The molecule has 0 bridgehead atoms. The standard InChI is InChI=1S/C12H12F3N3O3S/c13-12(14,15)9-8(22-5-16-9)10(19)18-2-1-7-6(3-18)4-21-11(20)17-7/h5-7H,1-4H2,(H,17,20)/t6-,7+/m1/s1. The van der Waals surface area contributed by atoms with E-state index in [-0.39, 0.29) is 31.7 Å². The highest BCUT2D eigenvalue weighted by molar-refractivity contribution is 7.11. The van der Waals surface area contributed by atoms with Crippen LogP contribution in [-0.4, -0.2) is 47.6 Å². The van der Waals surface area contributed by atoms with E-state index in [9.17, 15) is 22.8 Å². The normalized spacial score (nSPS) is 25.2. The number of carbonyl (C=O) groups excluding carboxylic acids is 2. The summed E-state index contributed by atoms with van der Waals surface area (Å²) in [6.07, 6.45) is -4.65. The molecule has 2 aliphatic rings. The molecule has 2 aliphatic heterocycles. The van der Waals surface area contributed by atoms with Gasteiger partial charge in [-0.3, -0.25) is 4.79 Å². The topological polar surface area (TPSA) is 71.5 Å². The first-order valence-corrected chi connectivity index (χ1v) is 7.47. The van der Waals surface area contributed by atoms with E-state index in [0.29, 0.717) is 17.8 Å². The Kier molecular flexibility index (Phi) is 3.71. The molecule has 0 saturated carbocycles. The number of ether oxygens (including phenoxy) is 1. The summed E-state index contributed by atoms with van der Waals surface area (Å²) in [5.74, 6) is -0.789. The van der Waals surface area contributed by atoms with Crippen molar-refractivity contribution in [3.63, 3.8) is 0 Å². The van der Waals surface area contributed by atoms with Crippen LogP contribution in [-0.2, 0) is 10.9 Å². The molecular weight excluding hydrogens is 323 g/mol. The number of halogens is 3. The summed E-state index contributed by atoms with van der Waals surface area (Å²) >= 11 is 0.685. The second kappa shape index (κ2) is 5.41. The van der Waals surface area contributed by atoms with Gasteiger partial charge in [-0.15, -0.1) is 11.3 Å². The Morgan fingerprint density at radius 2 is 2.27 bits per heavy atom. The third-order valence-electron chi connectivity index (χ3n) is 3.78. The monoisotopic (exact) mass is 335 g/mol. The Morgan fingerprint density at radius 1 is 1.50 bits per heavy atom. The van der Waals surface area contributed by atoms with E-state index in [4.69, 9.17) is 4.74 Å². The second-order valence-corrected chi connectivity index (χ2v) is 6.03. The van der Waals surface area contributed by atoms with E-state index in [2.05, 4.69) is 10.3 Å². The van der Waals surface area contributed by atoms with Crippen LogP contribution in [0.2, 0.25) is 0 Å². The second-order valence-electron chi connectivity index (χ2n) is 5.18. The van der Waals surface area contributed by atoms with Crippen LogP contribution in [0.5, 0.6) is 0 Å². The quantitative estimate of drug-likeness (QED) is 0.848. The molecule has 0 aromatic carbocycles. The summed E-state index contributed by atoms with van der Waals surface area (Å²) < 4.78 is 43.3. The summed E-state index contributed by atoms with van der Waals surface area (Å²) in [5.41, 5.74) is -0.120. The molecule has 3 heterocycles. The molecule has 1 aromatic rings. The van der Waals surface area contributed by atoms with Crippen molar-refractivity contribution in [1.82, 2.24) is 15.2 Å². The van der Waals surface area contributed by atoms with Gasteiger partial charge in [0, 0.05) is 25.0 Å². The maximum absolute atomic E-state index is 12.8. The fraction of sp³-hybridized carbons (Fsp3) is 0.583. The van der Waals surface area contributed by atoms with Gasteiger partial charge in [0.25, 0.3) is 5.91 Å². The number of nitrogens with zero attached hydrogens (tertiary/aromatic N) is 2. The highest BCUT2D eigenvalue weighted by atomic mass is 32.1. The summed E-state index contributed by atoms with van der Waals surface area (Å²) in [7, 11) is 0. The molecule has 3 rings (SSSR count). The van der Waals surface area contributed by atoms with E-state index in [1.165, 1.54) is 4.90 Å². The van der Waals surface area contributed by atoms with Crippen molar-refractivity contribution in [2.75, 3.05) is 19.7 Å². The Balaban J connectivity index is 1.74. The molecule has 1 N–H and O–H groups in total. The maximum Gasteiger partial charge on any atom is 0.434 e. The number of alkyl carbamates (subject to hydrolysis) is 1. The molecule has 0 aliphatic carbocycles. The number of aromatic nitrogens is 1. The molecule has 0 unspecified atom stereocenters. The number of alkyl halides is 3. The summed E-state index contributed by atoms with van der Waals surface area (Å²) in [4.78, 5) is 27.7. The van der Waals surface area contributed by atoms with E-state index >= 15 is 0 Å². The number of piperidine rings is 1. The van der Waals surface area contributed by atoms with Crippen LogP contribution in [0.4, 0.5) is 18.0 Å². The van der Waals surface area contributed by atoms with Crippen LogP contribution >= 0.6 is 11.3 Å². The lowest BCUT2D eigenvalue weighted by atomic mass is 9.92. The van der Waals surface area contributed by atoms with Gasteiger partial charge in [-0.05, 0) is 6.42 Å². The average Bonchev–Trinajstić information content (AvgIpc) is 2.95. The summed E-state index contributed by atoms with van der Waals surface area (Å²) in [6, 6.07) is -0.103. The van der Waals surface area contributed by atoms with E-state index in [1.54, 1.807) is 0 Å². The fourth-order valence-corrected chi connectivity index (χ4v) is 3.47. The summed E-state index contributed by atoms with van der Waals surface area (Å²) in [6.45, 7) is 0.698. The van der Waals surface area contributed by atoms with Gasteiger partial charge in [-0.1, -0.05) is 0 Å². The van der Waals surface area contributed by atoms with Gasteiger partial charge in [0.15, 0.2) is 5.69 Å². The van der Waals surface area contributed by atoms with Gasteiger partial charge in [-0.2, -0.15) is 13.2 Å². The van der Waals surface area contributed by atoms with Gasteiger partial charge in [0.05, 0.1) is 12.1 Å². The largest absolute Gasteiger partial charge is 0.449 e. The van der Waals surface area contributed by atoms with Crippen LogP contribution < -0.4 is 5.32 Å². The van der Waals surface area contributed by atoms with E-state index in [0.717, 1.165) is 5.51 Å². The zero-order chi connectivity index (χ0) is 15.9. The predicted octanol–water partition coefficient (Wildman–Crippen LogP) is 1.73. The smallest absolute Gasteiger partial charge is 0.434 e. The lowest BCUT2D eigenvalue weighted by molar-refractivity contribution is -0.141. The SMILES string of the molecule is O=C1N[C@H]2CCN(C(=O)c3scnc3C(F)(F)F)C[C@@H]2CO1. The molecule has 0 spiro atoms. The third kappa shape index (κ3) is 2.74. The van der Waals surface area contributed by atoms with Crippen LogP contribution in [0.3, 0.4) is 0 Å². The van der Waals surface area contributed by atoms with Crippen LogP contribution in [0.1, 0.15) is 21.8 Å². The molecular formula is C12H12F3N3O3S. The van der Waals surface area contributed by atoms with Crippen molar-refractivity contribution >= 4 is 23.3 Å². The minimum Gasteiger partial charge on any atom is -0.449 e. The number of rotatable bonds is 1. The molecule has 10 heteroatoms. The number of likely N-dealkylation sites (tertiary alicyclic amines) is 1. The molecule has 2 saturated heterocycles. The van der Waals surface area contributed by atoms with Crippen LogP contribution in [0.25, 0.3) is 0 Å². The van der Waals surface area contributed by atoms with Crippen molar-refractivity contribution in [3.05, 3.63) is 16.1 Å². The first kappa shape index (κ1) is 15.1. The molecule has 2 atom stereocenters. The number of hydrogen-bond donors (Lipinski definition) is 1. The van der Waals surface area contributed by atoms with Gasteiger partial charge in [-0.25, -0.2) is 9.78 Å². The number of hydrogen-bond acceptors (Lipinski definition) is 5. The van der Waals surface area contributed by atoms with E-state index < -0.39 is 28.7 Å². The van der Waals surface area contributed by atoms with E-state index in [1.807, 2.05) is 0 Å². The number of amides is 2. The third-order valence-corrected chi connectivity index (χ3v) is 4.60. The Bertz CT molecular complexity index is 604. The number of fused-ring (bicyclic) bond motifs is 1. The molecule has 2 fully saturated rings. The Hall–Kier alpha value is -1.84. The van der Waals surface area contributed by atoms with Crippen molar-refractivity contribution in [3.8, 4) is 0 Å². The van der Waals surface area contributed by atoms with Gasteiger partial charge in [0.1, 0.15) is 4.88 Å². The summed E-state index contributed by atoms with van der Waals surface area (Å²) in [5, 5.41) is 2.66. The zero-order valence-corrected chi connectivity index (χ0v) is 12.0. The molecule has 1 aromatic heterocycles. The van der Waals surface area contributed by atoms with Crippen molar-refractivity contribution in [2.45, 2.75) is 18.6 Å². The number of thiazole rings is 1. The highest BCUT2D eigenvalue weighted by Gasteiger charge is 2.41. The predicted molar refractivity (Wildman–Crippen MR) is 69.4 cm³/mol. The van der Waals surface area contributed by atoms with Crippen molar-refractivity contribution < 1.29 is 27.5 Å². The molecule has 22 heavy (non-hydrogen) atoms. The lowest BCUT2D eigenvalue weighted by Gasteiger charge is -2.40. The number of nitrogens with one attached hydrogen (secondary N) is 1. The number of cyclic esters (lactones) is 1. The minimum atomic E-state index is -4.65. The molecule has 120 valence electrons. The first-order valence-electron chi connectivity index (χ1n) is 6.59.